The molecule has 0 aromatic carbocycles. The fraction of sp³-hybridized carbons (Fsp3) is 0.0909. The van der Waals surface area contributed by atoms with Crippen molar-refractivity contribution in [3.05, 3.63) is 55.6 Å². The quantitative estimate of drug-likeness (QED) is 0.896. The highest BCUT2D eigenvalue weighted by Gasteiger charge is 2.03. The normalized spacial score (nSPS) is 10.5. The van der Waals surface area contributed by atoms with Crippen LogP contribution < -0.4 is 11.2 Å². The van der Waals surface area contributed by atoms with Gasteiger partial charge in [-0.2, -0.15) is 0 Å². The molecule has 88 valence electrons. The molecule has 6 heteroatoms. The Labute approximate surface area is 115 Å². The Morgan fingerprint density at radius 3 is 2.65 bits per heavy atom. The maximum absolute atomic E-state index is 11.4. The van der Waals surface area contributed by atoms with Crippen molar-refractivity contribution in [2.45, 2.75) is 6.54 Å². The highest BCUT2D eigenvalue weighted by Crippen LogP contribution is 2.10. The molecule has 0 aliphatic rings. The Morgan fingerprint density at radius 2 is 2.06 bits per heavy atom. The SMILES string of the molecule is Nc1cn(Cc2ccc(Br)cn2)cc(Br)c1=O. The maximum Gasteiger partial charge on any atom is 0.218 e. The van der Waals surface area contributed by atoms with Gasteiger partial charge in [-0.3, -0.25) is 9.78 Å². The molecule has 4 nitrogen and oxygen atoms in total. The monoisotopic (exact) mass is 357 g/mol. The molecule has 0 saturated carbocycles. The molecule has 0 saturated heterocycles. The van der Waals surface area contributed by atoms with Gasteiger partial charge in [-0.15, -0.1) is 0 Å². The second kappa shape index (κ2) is 5.01. The number of hydrogen-bond acceptors (Lipinski definition) is 3. The first-order valence-electron chi connectivity index (χ1n) is 4.82. The minimum absolute atomic E-state index is 0.190. The Morgan fingerprint density at radius 1 is 1.29 bits per heavy atom. The van der Waals surface area contributed by atoms with E-state index in [1.165, 1.54) is 0 Å². The molecule has 0 aliphatic carbocycles. The molecular weight excluding hydrogens is 350 g/mol. The van der Waals surface area contributed by atoms with Gasteiger partial charge in [0.25, 0.3) is 0 Å². The van der Waals surface area contributed by atoms with Gasteiger partial charge < -0.3 is 10.3 Å². The standard InChI is InChI=1S/C11H9Br2N3O/c12-7-1-2-8(15-3-7)4-16-5-9(13)11(17)10(14)6-16/h1-3,5-6H,4,14H2. The van der Waals surface area contributed by atoms with Crippen LogP contribution >= 0.6 is 31.9 Å². The summed E-state index contributed by atoms with van der Waals surface area (Å²) in [6.45, 7) is 0.566. The van der Waals surface area contributed by atoms with Crippen molar-refractivity contribution in [3.8, 4) is 0 Å². The first-order chi connectivity index (χ1) is 8.06. The summed E-state index contributed by atoms with van der Waals surface area (Å²) >= 11 is 6.51. The lowest BCUT2D eigenvalue weighted by Crippen LogP contribution is -2.13. The lowest BCUT2D eigenvalue weighted by molar-refractivity contribution is 0.764. The largest absolute Gasteiger partial charge is 0.394 e. The van der Waals surface area contributed by atoms with Crippen LogP contribution in [-0.4, -0.2) is 9.55 Å². The summed E-state index contributed by atoms with van der Waals surface area (Å²) in [6.07, 6.45) is 5.04. The van der Waals surface area contributed by atoms with E-state index in [4.69, 9.17) is 5.73 Å². The molecule has 0 fully saturated rings. The van der Waals surface area contributed by atoms with E-state index in [0.29, 0.717) is 11.0 Å². The number of nitrogens with zero attached hydrogens (tertiary/aromatic N) is 2. The highest BCUT2D eigenvalue weighted by atomic mass is 79.9. The second-order valence-corrected chi connectivity index (χ2v) is 5.30. The van der Waals surface area contributed by atoms with Crippen LogP contribution in [0.1, 0.15) is 5.69 Å². The molecule has 2 aromatic rings. The minimum Gasteiger partial charge on any atom is -0.394 e. The number of halogens is 2. The van der Waals surface area contributed by atoms with Crippen molar-refractivity contribution >= 4 is 37.5 Å². The van der Waals surface area contributed by atoms with Crippen LogP contribution in [0.4, 0.5) is 5.69 Å². The number of hydrogen-bond donors (Lipinski definition) is 1. The Hall–Kier alpha value is -1.14. The average Bonchev–Trinajstić information content (AvgIpc) is 2.29. The third-order valence-electron chi connectivity index (χ3n) is 2.20. The smallest absolute Gasteiger partial charge is 0.218 e. The summed E-state index contributed by atoms with van der Waals surface area (Å²) in [4.78, 5) is 15.7. The van der Waals surface area contributed by atoms with Crippen LogP contribution in [0.3, 0.4) is 0 Å². The van der Waals surface area contributed by atoms with Crippen molar-refractivity contribution in [3.63, 3.8) is 0 Å². The van der Waals surface area contributed by atoms with E-state index in [-0.39, 0.29) is 11.1 Å². The number of nitrogens with two attached hydrogens (primary N) is 1. The van der Waals surface area contributed by atoms with E-state index in [1.807, 2.05) is 16.7 Å². The molecule has 0 aliphatic heterocycles. The van der Waals surface area contributed by atoms with Gasteiger partial charge in [-0.05, 0) is 44.0 Å². The lowest BCUT2D eigenvalue weighted by Gasteiger charge is -2.07. The third kappa shape index (κ3) is 2.95. The van der Waals surface area contributed by atoms with E-state index >= 15 is 0 Å². The van der Waals surface area contributed by atoms with E-state index in [0.717, 1.165) is 10.2 Å². The van der Waals surface area contributed by atoms with Crippen molar-refractivity contribution in [2.24, 2.45) is 0 Å². The molecule has 2 rings (SSSR count). The number of aromatic nitrogens is 2. The van der Waals surface area contributed by atoms with Crippen molar-refractivity contribution in [1.29, 1.82) is 0 Å². The zero-order chi connectivity index (χ0) is 12.4. The topological polar surface area (TPSA) is 60.9 Å². The average molecular weight is 359 g/mol. The summed E-state index contributed by atoms with van der Waals surface area (Å²) in [5, 5.41) is 0. The molecule has 0 atom stereocenters. The van der Waals surface area contributed by atoms with Crippen LogP contribution in [0.5, 0.6) is 0 Å². The van der Waals surface area contributed by atoms with Crippen molar-refractivity contribution in [2.75, 3.05) is 5.73 Å². The lowest BCUT2D eigenvalue weighted by atomic mass is 10.3. The van der Waals surface area contributed by atoms with Crippen molar-refractivity contribution in [1.82, 2.24) is 9.55 Å². The van der Waals surface area contributed by atoms with Crippen LogP contribution in [0, 0.1) is 0 Å². The van der Waals surface area contributed by atoms with Crippen LogP contribution in [0.15, 0.2) is 44.5 Å². The van der Waals surface area contributed by atoms with E-state index in [1.54, 1.807) is 18.6 Å². The minimum atomic E-state index is -0.190. The predicted molar refractivity (Wildman–Crippen MR) is 73.9 cm³/mol. The second-order valence-electron chi connectivity index (χ2n) is 3.53. The Bertz CT molecular complexity index is 566. The zero-order valence-electron chi connectivity index (χ0n) is 8.73. The number of nitrogen functional groups attached to an aromatic ring is 1. The van der Waals surface area contributed by atoms with Gasteiger partial charge in [0.1, 0.15) is 0 Å². The molecular formula is C11H9Br2N3O. The van der Waals surface area contributed by atoms with E-state index in [9.17, 15) is 4.79 Å². The molecule has 2 N–H and O–H groups in total. The van der Waals surface area contributed by atoms with Gasteiger partial charge in [-0.25, -0.2) is 0 Å². The van der Waals surface area contributed by atoms with Gasteiger partial charge >= 0.3 is 0 Å². The molecule has 0 amide bonds. The predicted octanol–water partition coefficient (Wildman–Crippen LogP) is 2.40. The van der Waals surface area contributed by atoms with E-state index in [2.05, 4.69) is 36.8 Å². The number of rotatable bonds is 2. The van der Waals surface area contributed by atoms with Crippen LogP contribution in [-0.2, 0) is 6.54 Å². The maximum atomic E-state index is 11.4. The third-order valence-corrected chi connectivity index (χ3v) is 3.23. The molecule has 2 aromatic heterocycles. The molecule has 0 radical (unpaired) electrons. The molecule has 2 heterocycles. The summed E-state index contributed by atoms with van der Waals surface area (Å²) in [6, 6.07) is 3.83. The van der Waals surface area contributed by atoms with Gasteiger partial charge in [0.2, 0.25) is 5.43 Å². The Balaban J connectivity index is 2.30. The van der Waals surface area contributed by atoms with Crippen molar-refractivity contribution < 1.29 is 0 Å². The molecule has 0 bridgehead atoms. The first kappa shape index (κ1) is 12.3. The first-order valence-corrected chi connectivity index (χ1v) is 6.40. The summed E-state index contributed by atoms with van der Waals surface area (Å²) in [5.41, 5.74) is 6.53. The van der Waals surface area contributed by atoms with E-state index < -0.39 is 0 Å². The molecule has 17 heavy (non-hydrogen) atoms. The molecule has 0 spiro atoms. The fourth-order valence-corrected chi connectivity index (χ4v) is 2.12. The zero-order valence-corrected chi connectivity index (χ0v) is 11.9. The number of pyridine rings is 2. The van der Waals surface area contributed by atoms with Gasteiger partial charge in [-0.1, -0.05) is 0 Å². The number of anilines is 1. The van der Waals surface area contributed by atoms with Gasteiger partial charge in [0.05, 0.1) is 22.4 Å². The fourth-order valence-electron chi connectivity index (χ4n) is 1.39. The van der Waals surface area contributed by atoms with Gasteiger partial charge in [0.15, 0.2) is 0 Å². The van der Waals surface area contributed by atoms with Gasteiger partial charge in [0, 0.05) is 23.1 Å². The Kier molecular flexibility index (Phi) is 3.63. The van der Waals surface area contributed by atoms with Crippen LogP contribution in [0.25, 0.3) is 0 Å². The highest BCUT2D eigenvalue weighted by molar-refractivity contribution is 9.10. The van der Waals surface area contributed by atoms with Crippen LogP contribution in [0.2, 0.25) is 0 Å². The molecule has 0 unspecified atom stereocenters. The summed E-state index contributed by atoms with van der Waals surface area (Å²) in [7, 11) is 0. The summed E-state index contributed by atoms with van der Waals surface area (Å²) in [5.74, 6) is 0. The summed E-state index contributed by atoms with van der Waals surface area (Å²) < 4.78 is 3.20.